The Morgan fingerprint density at radius 2 is 1.86 bits per heavy atom. The Kier molecular flexibility index (Phi) is 8.87. The van der Waals surface area contributed by atoms with E-state index in [0.717, 1.165) is 72.7 Å². The maximum atomic E-state index is 13.1. The molecule has 5 nitrogen and oxygen atoms in total. The van der Waals surface area contributed by atoms with Gasteiger partial charge in [0.1, 0.15) is 10.7 Å². The number of ether oxygens (including phenoxy) is 1. The molecule has 0 saturated carbocycles. The quantitative estimate of drug-likeness (QED) is 0.386. The first-order chi connectivity index (χ1) is 17.9. The van der Waals surface area contributed by atoms with Gasteiger partial charge in [0, 0.05) is 67.9 Å². The molecule has 2 fully saturated rings. The van der Waals surface area contributed by atoms with Gasteiger partial charge in [-0.05, 0) is 56.9 Å². The van der Waals surface area contributed by atoms with Crippen LogP contribution in [0.5, 0.6) is 0 Å². The van der Waals surface area contributed by atoms with Gasteiger partial charge < -0.3 is 9.64 Å². The van der Waals surface area contributed by atoms with E-state index in [9.17, 15) is 4.79 Å². The molecule has 37 heavy (non-hydrogen) atoms. The molecule has 0 aliphatic carbocycles. The number of amides is 1. The largest absolute Gasteiger partial charge is 0.497 e. The molecule has 2 saturated heterocycles. The third-order valence-electron chi connectivity index (χ3n) is 8.07. The molecule has 0 unspecified atom stereocenters. The highest BCUT2D eigenvalue weighted by atomic mass is 35.5. The second-order valence-corrected chi connectivity index (χ2v) is 13.1. The number of hydrogen-bond acceptors (Lipinski definition) is 6. The van der Waals surface area contributed by atoms with Crippen LogP contribution in [-0.4, -0.2) is 77.8 Å². The lowest BCUT2D eigenvalue weighted by Gasteiger charge is -2.47. The number of carbonyl (C=O) groups excluding carboxylic acids is 1. The van der Waals surface area contributed by atoms with Crippen molar-refractivity contribution in [3.8, 4) is 10.4 Å². The summed E-state index contributed by atoms with van der Waals surface area (Å²) in [5.41, 5.74) is 2.59. The molecule has 200 valence electrons. The number of nitrogens with zero attached hydrogens (tertiary/aromatic N) is 3. The zero-order valence-electron chi connectivity index (χ0n) is 22.1. The number of thiophene rings is 1. The van der Waals surface area contributed by atoms with Crippen molar-refractivity contribution in [2.75, 3.05) is 45.1 Å². The number of halogens is 1. The third-order valence-corrected chi connectivity index (χ3v) is 10.4. The standard InChI is InChI=1S/C29H38ClN3O2S2/c1-4-35-25-13-18-36-28(25)29(34)31-14-11-24(12-15-31)32-16-17-33(20(2)19-32)21(3)22-5-7-23(8-6-22)26-9-10-27(30)37-26/h5-10,20-21,24H,4,11-19H2,1-3H3/t20-,21+/m1/s1. The van der Waals surface area contributed by atoms with Crippen LogP contribution in [0.2, 0.25) is 4.34 Å². The summed E-state index contributed by atoms with van der Waals surface area (Å²) in [6.45, 7) is 12.3. The number of allylic oxidation sites excluding steroid dienone is 1. The Balaban J connectivity index is 1.13. The van der Waals surface area contributed by atoms with Gasteiger partial charge in [0.05, 0.1) is 10.9 Å². The first kappa shape index (κ1) is 27.1. The zero-order valence-corrected chi connectivity index (χ0v) is 24.5. The van der Waals surface area contributed by atoms with E-state index in [4.69, 9.17) is 16.3 Å². The van der Waals surface area contributed by atoms with E-state index in [2.05, 4.69) is 58.9 Å². The molecule has 0 bridgehead atoms. The molecule has 2 aromatic rings. The summed E-state index contributed by atoms with van der Waals surface area (Å²) < 4.78 is 6.57. The number of piperidine rings is 1. The number of benzene rings is 1. The minimum atomic E-state index is 0.185. The highest BCUT2D eigenvalue weighted by Crippen LogP contribution is 2.35. The van der Waals surface area contributed by atoms with Gasteiger partial charge >= 0.3 is 0 Å². The lowest BCUT2D eigenvalue weighted by Crippen LogP contribution is -2.57. The SMILES string of the molecule is CCOC1=C(C(=O)N2CCC(N3CCN([C@@H](C)c4ccc(-c5ccc(Cl)s5)cc4)[C@H](C)C3)CC2)SCC1. The van der Waals surface area contributed by atoms with Crippen molar-refractivity contribution in [3.05, 3.63) is 57.0 Å². The summed E-state index contributed by atoms with van der Waals surface area (Å²) in [4.78, 5) is 22.6. The Bertz CT molecular complexity index is 1110. The fraction of sp³-hybridized carbons (Fsp3) is 0.552. The fourth-order valence-electron chi connectivity index (χ4n) is 6.00. The van der Waals surface area contributed by atoms with Crippen LogP contribution in [0.4, 0.5) is 0 Å². The van der Waals surface area contributed by atoms with Crippen LogP contribution in [-0.2, 0) is 9.53 Å². The molecule has 1 aromatic heterocycles. The molecule has 1 aromatic carbocycles. The van der Waals surface area contributed by atoms with Crippen LogP contribution < -0.4 is 0 Å². The number of rotatable bonds is 7. The van der Waals surface area contributed by atoms with Crippen molar-refractivity contribution >= 4 is 40.6 Å². The first-order valence-electron chi connectivity index (χ1n) is 13.6. The summed E-state index contributed by atoms with van der Waals surface area (Å²) in [5, 5.41) is 0. The monoisotopic (exact) mass is 559 g/mol. The maximum absolute atomic E-state index is 13.1. The minimum Gasteiger partial charge on any atom is -0.497 e. The van der Waals surface area contributed by atoms with Gasteiger partial charge in [-0.25, -0.2) is 0 Å². The van der Waals surface area contributed by atoms with Crippen molar-refractivity contribution in [3.63, 3.8) is 0 Å². The van der Waals surface area contributed by atoms with Crippen molar-refractivity contribution in [1.29, 1.82) is 0 Å². The van der Waals surface area contributed by atoms with Gasteiger partial charge in [0.25, 0.3) is 5.91 Å². The summed E-state index contributed by atoms with van der Waals surface area (Å²) in [7, 11) is 0. The van der Waals surface area contributed by atoms with Crippen molar-refractivity contribution in [2.24, 2.45) is 0 Å². The molecule has 3 aliphatic rings. The average Bonchev–Trinajstić information content (AvgIpc) is 3.57. The van der Waals surface area contributed by atoms with E-state index in [0.29, 0.717) is 24.7 Å². The van der Waals surface area contributed by atoms with Crippen molar-refractivity contribution in [2.45, 2.75) is 58.2 Å². The number of piperazine rings is 1. The van der Waals surface area contributed by atoms with E-state index in [1.54, 1.807) is 23.1 Å². The molecule has 3 aliphatic heterocycles. The van der Waals surface area contributed by atoms with Crippen LogP contribution in [0.3, 0.4) is 0 Å². The lowest BCUT2D eigenvalue weighted by molar-refractivity contribution is -0.128. The first-order valence-corrected chi connectivity index (χ1v) is 15.8. The number of thioether (sulfide) groups is 1. The van der Waals surface area contributed by atoms with E-state index < -0.39 is 0 Å². The fourth-order valence-corrected chi connectivity index (χ4v) is 8.12. The van der Waals surface area contributed by atoms with Crippen LogP contribution in [0.15, 0.2) is 47.1 Å². The van der Waals surface area contributed by atoms with Crippen molar-refractivity contribution < 1.29 is 9.53 Å². The second-order valence-electron chi connectivity index (χ2n) is 10.3. The van der Waals surface area contributed by atoms with Crippen LogP contribution in [0.1, 0.15) is 51.6 Å². The molecule has 5 rings (SSSR count). The van der Waals surface area contributed by atoms with E-state index in [1.165, 1.54) is 16.0 Å². The average molecular weight is 560 g/mol. The highest BCUT2D eigenvalue weighted by molar-refractivity contribution is 8.04. The van der Waals surface area contributed by atoms with Gasteiger partial charge in [-0.2, -0.15) is 0 Å². The van der Waals surface area contributed by atoms with Crippen LogP contribution in [0, 0.1) is 0 Å². The molecule has 4 heterocycles. The van der Waals surface area contributed by atoms with Gasteiger partial charge in [-0.15, -0.1) is 23.1 Å². The second kappa shape index (κ2) is 12.1. The zero-order chi connectivity index (χ0) is 25.9. The Hall–Kier alpha value is -1.51. The molecule has 0 spiro atoms. The Labute approximate surface area is 234 Å². The van der Waals surface area contributed by atoms with Crippen molar-refractivity contribution in [1.82, 2.24) is 14.7 Å². The summed E-state index contributed by atoms with van der Waals surface area (Å²) >= 11 is 9.42. The van der Waals surface area contributed by atoms with E-state index in [1.807, 2.05) is 13.0 Å². The van der Waals surface area contributed by atoms with Gasteiger partial charge in [0.2, 0.25) is 0 Å². The van der Waals surface area contributed by atoms with Gasteiger partial charge in [-0.1, -0.05) is 35.9 Å². The molecule has 0 radical (unpaired) electrons. The number of carbonyl (C=O) groups is 1. The summed E-state index contributed by atoms with van der Waals surface area (Å²) in [6.07, 6.45) is 3.00. The van der Waals surface area contributed by atoms with E-state index in [-0.39, 0.29) is 5.91 Å². The normalized spacial score (nSPS) is 23.0. The molecular weight excluding hydrogens is 522 g/mol. The topological polar surface area (TPSA) is 36.0 Å². The minimum absolute atomic E-state index is 0.185. The van der Waals surface area contributed by atoms with Crippen LogP contribution in [0.25, 0.3) is 10.4 Å². The van der Waals surface area contributed by atoms with E-state index >= 15 is 0 Å². The third kappa shape index (κ3) is 6.06. The lowest BCUT2D eigenvalue weighted by atomic mass is 9.98. The predicted octanol–water partition coefficient (Wildman–Crippen LogP) is 6.51. The van der Waals surface area contributed by atoms with Gasteiger partial charge in [-0.3, -0.25) is 14.6 Å². The Morgan fingerprint density at radius 1 is 1.11 bits per heavy atom. The smallest absolute Gasteiger partial charge is 0.263 e. The molecule has 8 heteroatoms. The maximum Gasteiger partial charge on any atom is 0.263 e. The number of likely N-dealkylation sites (tertiary alicyclic amines) is 1. The Morgan fingerprint density at radius 3 is 2.51 bits per heavy atom. The number of hydrogen-bond donors (Lipinski definition) is 0. The molecule has 2 atom stereocenters. The predicted molar refractivity (Wildman–Crippen MR) is 156 cm³/mol. The molecule has 0 N–H and O–H groups in total. The molecule has 1 amide bonds. The van der Waals surface area contributed by atoms with Crippen LogP contribution >= 0.6 is 34.7 Å². The van der Waals surface area contributed by atoms with Gasteiger partial charge in [0.15, 0.2) is 0 Å². The summed E-state index contributed by atoms with van der Waals surface area (Å²) in [5.74, 6) is 2.05. The highest BCUT2D eigenvalue weighted by Gasteiger charge is 2.35. The summed E-state index contributed by atoms with van der Waals surface area (Å²) in [6, 6.07) is 14.5. The molecular formula is C29H38ClN3O2S2.